The van der Waals surface area contributed by atoms with Crippen molar-refractivity contribution in [2.24, 2.45) is 0 Å². The Kier molecular flexibility index (Phi) is 2.81. The maximum absolute atomic E-state index is 12.6. The van der Waals surface area contributed by atoms with Gasteiger partial charge in [-0.3, -0.25) is 4.79 Å². The van der Waals surface area contributed by atoms with E-state index in [4.69, 9.17) is 10.2 Å². The van der Waals surface area contributed by atoms with Crippen molar-refractivity contribution in [1.29, 1.82) is 0 Å². The molecule has 0 unspecified atom stereocenters. The van der Waals surface area contributed by atoms with Crippen LogP contribution in [0.25, 0.3) is 0 Å². The highest BCUT2D eigenvalue weighted by Crippen LogP contribution is 2.12. The number of aromatic carboxylic acids is 1. The van der Waals surface area contributed by atoms with Gasteiger partial charge >= 0.3 is 11.9 Å². The van der Waals surface area contributed by atoms with Gasteiger partial charge in [0, 0.05) is 0 Å². The molecule has 0 fully saturated rings. The first-order valence-corrected chi connectivity index (χ1v) is 3.74. The Balaban J connectivity index is 3.14. The quantitative estimate of drug-likeness (QED) is 0.763. The fourth-order valence-electron chi connectivity index (χ4n) is 1.06. The van der Waals surface area contributed by atoms with Gasteiger partial charge in [-0.1, -0.05) is 6.07 Å². The molecule has 1 aromatic carbocycles. The lowest BCUT2D eigenvalue weighted by Gasteiger charge is -2.02. The molecule has 0 aliphatic rings. The fraction of sp³-hybridized carbons (Fsp3) is 0.111. The summed E-state index contributed by atoms with van der Waals surface area (Å²) in [6.07, 6.45) is -0.429. The second-order valence-electron chi connectivity index (χ2n) is 2.68. The monoisotopic (exact) mass is 198 g/mol. The lowest BCUT2D eigenvalue weighted by atomic mass is 10.0. The zero-order chi connectivity index (χ0) is 10.7. The molecule has 2 N–H and O–H groups in total. The van der Waals surface area contributed by atoms with Crippen LogP contribution in [-0.2, 0) is 11.2 Å². The Morgan fingerprint density at radius 1 is 1.29 bits per heavy atom. The van der Waals surface area contributed by atoms with Gasteiger partial charge in [0.05, 0.1) is 12.0 Å². The predicted molar refractivity (Wildman–Crippen MR) is 44.7 cm³/mol. The van der Waals surface area contributed by atoms with E-state index >= 15 is 0 Å². The van der Waals surface area contributed by atoms with E-state index in [9.17, 15) is 14.0 Å². The van der Waals surface area contributed by atoms with Gasteiger partial charge in [0.1, 0.15) is 5.82 Å². The number of hydrogen-bond acceptors (Lipinski definition) is 2. The molecule has 0 spiro atoms. The second kappa shape index (κ2) is 3.87. The van der Waals surface area contributed by atoms with Crippen LogP contribution in [-0.4, -0.2) is 22.2 Å². The minimum Gasteiger partial charge on any atom is -0.481 e. The van der Waals surface area contributed by atoms with Crippen molar-refractivity contribution in [3.63, 3.8) is 0 Å². The van der Waals surface area contributed by atoms with Crippen LogP contribution >= 0.6 is 0 Å². The van der Waals surface area contributed by atoms with E-state index in [1.165, 1.54) is 0 Å². The molecule has 4 nitrogen and oxygen atoms in total. The standard InChI is InChI=1S/C9H7FO4/c10-6-2-1-5(3-8(11)12)7(4-6)9(13)14/h1-2,4H,3H2,(H,11,12)(H,13,14). The first-order valence-electron chi connectivity index (χ1n) is 3.74. The molecule has 0 aromatic heterocycles. The minimum atomic E-state index is -1.33. The van der Waals surface area contributed by atoms with Crippen LogP contribution < -0.4 is 0 Å². The van der Waals surface area contributed by atoms with Gasteiger partial charge in [0.2, 0.25) is 0 Å². The summed E-state index contributed by atoms with van der Waals surface area (Å²) in [7, 11) is 0. The summed E-state index contributed by atoms with van der Waals surface area (Å²) in [5, 5.41) is 17.1. The van der Waals surface area contributed by atoms with E-state index in [1.807, 2.05) is 0 Å². The SMILES string of the molecule is O=C(O)Cc1ccc(F)cc1C(=O)O. The van der Waals surface area contributed by atoms with Crippen LogP contribution in [0.2, 0.25) is 0 Å². The summed E-state index contributed by atoms with van der Waals surface area (Å²) in [5.74, 6) is -3.18. The van der Waals surface area contributed by atoms with E-state index in [1.54, 1.807) is 0 Å². The van der Waals surface area contributed by atoms with Crippen LogP contribution in [0.5, 0.6) is 0 Å². The lowest BCUT2D eigenvalue weighted by Crippen LogP contribution is -2.08. The number of hydrogen-bond donors (Lipinski definition) is 2. The van der Waals surface area contributed by atoms with Gasteiger partial charge in [-0.2, -0.15) is 0 Å². The van der Waals surface area contributed by atoms with Crippen molar-refractivity contribution in [3.8, 4) is 0 Å². The Hall–Kier alpha value is -1.91. The molecule has 0 saturated heterocycles. The molecule has 74 valence electrons. The zero-order valence-electron chi connectivity index (χ0n) is 7.03. The topological polar surface area (TPSA) is 74.6 Å². The molecule has 5 heteroatoms. The lowest BCUT2D eigenvalue weighted by molar-refractivity contribution is -0.136. The van der Waals surface area contributed by atoms with Crippen LogP contribution in [0.1, 0.15) is 15.9 Å². The summed E-state index contributed by atoms with van der Waals surface area (Å²) < 4.78 is 12.6. The van der Waals surface area contributed by atoms with Gasteiger partial charge in [-0.25, -0.2) is 9.18 Å². The summed E-state index contributed by atoms with van der Waals surface area (Å²) in [6.45, 7) is 0. The highest BCUT2D eigenvalue weighted by Gasteiger charge is 2.13. The molecule has 0 bridgehead atoms. The normalized spacial score (nSPS) is 9.79. The molecule has 0 aliphatic heterocycles. The average molecular weight is 198 g/mol. The number of carbonyl (C=O) groups is 2. The smallest absolute Gasteiger partial charge is 0.336 e. The Bertz CT molecular complexity index is 386. The summed E-state index contributed by atoms with van der Waals surface area (Å²) >= 11 is 0. The van der Waals surface area contributed by atoms with Gasteiger partial charge in [0.15, 0.2) is 0 Å². The van der Waals surface area contributed by atoms with E-state index in [2.05, 4.69) is 0 Å². The molecular weight excluding hydrogens is 191 g/mol. The number of aliphatic carboxylic acids is 1. The number of carboxylic acid groups (broad SMARTS) is 2. The van der Waals surface area contributed by atoms with Crippen LogP contribution in [0.3, 0.4) is 0 Å². The molecule has 1 aromatic rings. The van der Waals surface area contributed by atoms with Crippen molar-refractivity contribution in [3.05, 3.63) is 35.1 Å². The van der Waals surface area contributed by atoms with Gasteiger partial charge in [0.25, 0.3) is 0 Å². The summed E-state index contributed by atoms with van der Waals surface area (Å²) in [6, 6.07) is 3.00. The van der Waals surface area contributed by atoms with Crippen molar-refractivity contribution in [1.82, 2.24) is 0 Å². The predicted octanol–water partition coefficient (Wildman–Crippen LogP) is 1.15. The molecule has 0 saturated carbocycles. The Labute approximate surface area is 78.6 Å². The highest BCUT2D eigenvalue weighted by molar-refractivity contribution is 5.90. The first-order chi connectivity index (χ1) is 6.50. The molecular formula is C9H7FO4. The van der Waals surface area contributed by atoms with Gasteiger partial charge < -0.3 is 10.2 Å². The minimum absolute atomic E-state index is 0.0893. The molecule has 0 aliphatic carbocycles. The molecule has 14 heavy (non-hydrogen) atoms. The molecule has 1 rings (SSSR count). The fourth-order valence-corrected chi connectivity index (χ4v) is 1.06. The van der Waals surface area contributed by atoms with E-state index in [0.29, 0.717) is 0 Å². The third-order valence-electron chi connectivity index (χ3n) is 1.64. The maximum atomic E-state index is 12.6. The Morgan fingerprint density at radius 3 is 2.43 bits per heavy atom. The van der Waals surface area contributed by atoms with Crippen molar-refractivity contribution in [2.45, 2.75) is 6.42 Å². The third kappa shape index (κ3) is 2.29. The van der Waals surface area contributed by atoms with Crippen LogP contribution in [0.15, 0.2) is 18.2 Å². The van der Waals surface area contributed by atoms with E-state index < -0.39 is 24.2 Å². The number of rotatable bonds is 3. The average Bonchev–Trinajstić information content (AvgIpc) is 2.07. The van der Waals surface area contributed by atoms with Crippen LogP contribution in [0.4, 0.5) is 4.39 Å². The third-order valence-corrected chi connectivity index (χ3v) is 1.64. The Morgan fingerprint density at radius 2 is 1.93 bits per heavy atom. The van der Waals surface area contributed by atoms with E-state index in [-0.39, 0.29) is 11.1 Å². The first kappa shape index (κ1) is 10.2. The van der Waals surface area contributed by atoms with Crippen LogP contribution in [0, 0.1) is 5.82 Å². The van der Waals surface area contributed by atoms with Crippen molar-refractivity contribution in [2.75, 3.05) is 0 Å². The van der Waals surface area contributed by atoms with Crippen molar-refractivity contribution >= 4 is 11.9 Å². The number of benzene rings is 1. The number of carboxylic acids is 2. The zero-order valence-corrected chi connectivity index (χ0v) is 7.03. The molecule has 0 heterocycles. The van der Waals surface area contributed by atoms with Gasteiger partial charge in [-0.15, -0.1) is 0 Å². The molecule has 0 amide bonds. The number of halogens is 1. The highest BCUT2D eigenvalue weighted by atomic mass is 19.1. The van der Waals surface area contributed by atoms with Crippen molar-refractivity contribution < 1.29 is 24.2 Å². The second-order valence-corrected chi connectivity index (χ2v) is 2.68. The largest absolute Gasteiger partial charge is 0.481 e. The summed E-state index contributed by atoms with van der Waals surface area (Å²) in [5.41, 5.74) is -0.223. The molecule has 0 atom stereocenters. The van der Waals surface area contributed by atoms with E-state index in [0.717, 1.165) is 18.2 Å². The van der Waals surface area contributed by atoms with Gasteiger partial charge in [-0.05, 0) is 17.7 Å². The maximum Gasteiger partial charge on any atom is 0.336 e. The summed E-state index contributed by atoms with van der Waals surface area (Å²) in [4.78, 5) is 20.9. The molecule has 0 radical (unpaired) electrons.